The number of carbonyl (C=O) groups excluding carboxylic acids is 1. The number of rotatable bonds is 9. The number of sulfonamides is 1. The summed E-state index contributed by atoms with van der Waals surface area (Å²) in [4.78, 5) is 14.7. The van der Waals surface area contributed by atoms with Crippen LogP contribution in [0.3, 0.4) is 0 Å². The number of aromatic nitrogens is 1. The molecule has 3 rings (SSSR count). The van der Waals surface area contributed by atoms with Gasteiger partial charge in [0.1, 0.15) is 17.3 Å². The minimum atomic E-state index is -3.85. The third-order valence-electron chi connectivity index (χ3n) is 5.07. The van der Waals surface area contributed by atoms with Gasteiger partial charge >= 0.3 is 29.6 Å². The molecule has 0 spiro atoms. The first-order valence-electron chi connectivity index (χ1n) is 10.5. The largest absolute Gasteiger partial charge is 1.00 e. The SMILES string of the molecule is CC(C)(C)c1ccc(CN(Cc2cccc(OCC(=O)[O-])c2)S(=O)(=O)c2cccnc2)cc1.[Na+]. The summed E-state index contributed by atoms with van der Waals surface area (Å²) in [6.45, 7) is 6.01. The molecule has 0 amide bonds. The van der Waals surface area contributed by atoms with Gasteiger partial charge in [0.15, 0.2) is 0 Å². The summed E-state index contributed by atoms with van der Waals surface area (Å²) in [5, 5.41) is 10.7. The molecule has 2 aromatic carbocycles. The van der Waals surface area contributed by atoms with E-state index in [9.17, 15) is 18.3 Å². The van der Waals surface area contributed by atoms with Crippen LogP contribution in [0.25, 0.3) is 0 Å². The quantitative estimate of drug-likeness (QED) is 0.389. The van der Waals surface area contributed by atoms with E-state index in [1.165, 1.54) is 22.8 Å². The molecule has 1 heterocycles. The zero-order valence-corrected chi connectivity index (χ0v) is 22.7. The van der Waals surface area contributed by atoms with Crippen molar-refractivity contribution in [2.75, 3.05) is 6.61 Å². The standard InChI is InChI=1S/C25H28N2O5S.Na/c1-25(2,3)21-11-9-19(10-12-21)16-27(33(30,31)23-8-5-13-26-15-23)17-20-6-4-7-22(14-20)32-18-24(28)29;/h4-15H,16-18H2,1-3H3,(H,28,29);/q;+1/p-1. The Morgan fingerprint density at radius 1 is 1.00 bits per heavy atom. The van der Waals surface area contributed by atoms with Crippen LogP contribution in [0.4, 0.5) is 0 Å². The van der Waals surface area contributed by atoms with E-state index < -0.39 is 22.6 Å². The molecule has 0 aliphatic rings. The van der Waals surface area contributed by atoms with E-state index in [0.29, 0.717) is 11.3 Å². The number of carbonyl (C=O) groups is 1. The van der Waals surface area contributed by atoms with E-state index in [1.807, 2.05) is 24.3 Å². The Kier molecular flexibility index (Phi) is 9.84. The van der Waals surface area contributed by atoms with Crippen LogP contribution in [0.5, 0.6) is 5.75 Å². The molecular weight excluding hydrogens is 463 g/mol. The Balaban J connectivity index is 0.00000408. The maximum atomic E-state index is 13.4. The minimum absolute atomic E-state index is 0. The summed E-state index contributed by atoms with van der Waals surface area (Å²) in [5.41, 5.74) is 2.65. The summed E-state index contributed by atoms with van der Waals surface area (Å²) in [5.74, 6) is -1.01. The number of hydrogen-bond donors (Lipinski definition) is 0. The van der Waals surface area contributed by atoms with Crippen molar-refractivity contribution < 1.29 is 52.6 Å². The summed E-state index contributed by atoms with van der Waals surface area (Å²) in [6, 6.07) is 17.7. The van der Waals surface area contributed by atoms with Gasteiger partial charge in [-0.2, -0.15) is 4.31 Å². The van der Waals surface area contributed by atoms with Crippen molar-refractivity contribution in [3.8, 4) is 5.75 Å². The van der Waals surface area contributed by atoms with Crippen LogP contribution in [0, 0.1) is 0 Å². The molecule has 0 fully saturated rings. The van der Waals surface area contributed by atoms with Crippen LogP contribution in [0.15, 0.2) is 78.0 Å². The van der Waals surface area contributed by atoms with Crippen LogP contribution < -0.4 is 39.4 Å². The number of carboxylic acid groups (broad SMARTS) is 1. The molecule has 3 aromatic rings. The third-order valence-corrected chi connectivity index (χ3v) is 6.84. The zero-order chi connectivity index (χ0) is 24.1. The predicted octanol–water partition coefficient (Wildman–Crippen LogP) is -0.0971. The van der Waals surface area contributed by atoms with Crippen LogP contribution >= 0.6 is 0 Å². The van der Waals surface area contributed by atoms with Gasteiger partial charge in [-0.1, -0.05) is 57.2 Å². The smallest absolute Gasteiger partial charge is 0.546 e. The van der Waals surface area contributed by atoms with Gasteiger partial charge in [-0.25, -0.2) is 8.42 Å². The molecule has 0 aliphatic heterocycles. The normalized spacial score (nSPS) is 11.6. The molecule has 0 aliphatic carbocycles. The van der Waals surface area contributed by atoms with Crippen molar-refractivity contribution >= 4 is 16.0 Å². The van der Waals surface area contributed by atoms with Crippen molar-refractivity contribution in [2.24, 2.45) is 0 Å². The number of aliphatic carboxylic acids is 1. The second kappa shape index (κ2) is 12.0. The fourth-order valence-corrected chi connectivity index (χ4v) is 4.65. The van der Waals surface area contributed by atoms with Gasteiger partial charge in [0.25, 0.3) is 0 Å². The second-order valence-electron chi connectivity index (χ2n) is 8.72. The van der Waals surface area contributed by atoms with E-state index in [0.717, 1.165) is 11.1 Å². The van der Waals surface area contributed by atoms with Gasteiger partial charge in [-0.15, -0.1) is 0 Å². The molecule has 174 valence electrons. The van der Waals surface area contributed by atoms with Gasteiger partial charge in [-0.3, -0.25) is 4.98 Å². The molecule has 0 atom stereocenters. The molecule has 34 heavy (non-hydrogen) atoms. The van der Waals surface area contributed by atoms with E-state index >= 15 is 0 Å². The van der Waals surface area contributed by atoms with Crippen molar-refractivity contribution in [1.29, 1.82) is 0 Å². The molecule has 7 nitrogen and oxygen atoms in total. The van der Waals surface area contributed by atoms with Gasteiger partial charge in [0.05, 0.1) is 5.97 Å². The first-order valence-corrected chi connectivity index (χ1v) is 11.9. The topological polar surface area (TPSA) is 99.6 Å². The maximum Gasteiger partial charge on any atom is 1.00 e. The summed E-state index contributed by atoms with van der Waals surface area (Å²) in [6.07, 6.45) is 2.84. The molecule has 0 saturated heterocycles. The second-order valence-corrected chi connectivity index (χ2v) is 10.7. The minimum Gasteiger partial charge on any atom is -0.546 e. The fourth-order valence-electron chi connectivity index (χ4n) is 3.27. The first-order chi connectivity index (χ1) is 15.6. The Morgan fingerprint density at radius 3 is 2.26 bits per heavy atom. The van der Waals surface area contributed by atoms with Crippen molar-refractivity contribution in [1.82, 2.24) is 9.29 Å². The molecule has 0 N–H and O–H groups in total. The molecular formula is C25H27N2NaO5S. The molecule has 0 saturated carbocycles. The molecule has 0 unspecified atom stereocenters. The number of benzene rings is 2. The molecule has 0 radical (unpaired) electrons. The summed E-state index contributed by atoms with van der Waals surface area (Å²) < 4.78 is 33.4. The molecule has 9 heteroatoms. The zero-order valence-electron chi connectivity index (χ0n) is 19.9. The third kappa shape index (κ3) is 7.65. The molecule has 1 aromatic heterocycles. The van der Waals surface area contributed by atoms with E-state index in [1.54, 1.807) is 30.3 Å². The van der Waals surface area contributed by atoms with Crippen LogP contribution in [0.2, 0.25) is 0 Å². The van der Waals surface area contributed by atoms with Crippen molar-refractivity contribution in [3.63, 3.8) is 0 Å². The van der Waals surface area contributed by atoms with E-state index in [-0.39, 0.29) is 53.0 Å². The summed E-state index contributed by atoms with van der Waals surface area (Å²) in [7, 11) is -3.85. The van der Waals surface area contributed by atoms with Crippen molar-refractivity contribution in [2.45, 2.75) is 44.2 Å². The van der Waals surface area contributed by atoms with Gasteiger partial charge < -0.3 is 14.6 Å². The Hall–Kier alpha value is -2.23. The predicted molar refractivity (Wildman–Crippen MR) is 123 cm³/mol. The van der Waals surface area contributed by atoms with Gasteiger partial charge in [0, 0.05) is 25.5 Å². The number of pyridine rings is 1. The Morgan fingerprint density at radius 2 is 1.68 bits per heavy atom. The number of ether oxygens (including phenoxy) is 1. The van der Waals surface area contributed by atoms with Gasteiger partial charge in [0.2, 0.25) is 10.0 Å². The number of hydrogen-bond acceptors (Lipinski definition) is 6. The first kappa shape index (κ1) is 28.0. The summed E-state index contributed by atoms with van der Waals surface area (Å²) >= 11 is 0. The number of nitrogens with zero attached hydrogens (tertiary/aromatic N) is 2. The average molecular weight is 491 g/mol. The Bertz CT molecular complexity index is 1190. The molecule has 0 bridgehead atoms. The maximum absolute atomic E-state index is 13.4. The monoisotopic (exact) mass is 490 g/mol. The average Bonchev–Trinajstić information content (AvgIpc) is 2.78. The Labute approximate surface area is 223 Å². The fraction of sp³-hybridized carbons (Fsp3) is 0.280. The van der Waals surface area contributed by atoms with Crippen molar-refractivity contribution in [3.05, 3.63) is 89.7 Å². The van der Waals surface area contributed by atoms with Gasteiger partial charge in [-0.05, 0) is 46.4 Å². The van der Waals surface area contributed by atoms with Crippen LogP contribution in [-0.2, 0) is 33.3 Å². The van der Waals surface area contributed by atoms with Crippen LogP contribution in [0.1, 0.15) is 37.5 Å². The van der Waals surface area contributed by atoms with E-state index in [2.05, 4.69) is 25.8 Å². The van der Waals surface area contributed by atoms with E-state index in [4.69, 9.17) is 4.74 Å². The van der Waals surface area contributed by atoms with Crippen LogP contribution in [-0.4, -0.2) is 30.3 Å². The number of carboxylic acids is 1.